The van der Waals surface area contributed by atoms with Crippen molar-refractivity contribution in [3.05, 3.63) is 113 Å². The fourth-order valence-corrected chi connectivity index (χ4v) is 5.31. The molecule has 0 unspecified atom stereocenters. The highest BCUT2D eigenvalue weighted by atomic mass is 35.5. The monoisotopic (exact) mass is 660 g/mol. The maximum atomic E-state index is 9.65. The molecule has 4 nitrogen and oxygen atoms in total. The summed E-state index contributed by atoms with van der Waals surface area (Å²) in [6, 6.07) is 16.8. The first kappa shape index (κ1) is 32.3. The van der Waals surface area contributed by atoms with Crippen molar-refractivity contribution < 1.29 is 20.4 Å². The van der Waals surface area contributed by atoms with E-state index in [1.165, 1.54) is 0 Å². The van der Waals surface area contributed by atoms with E-state index in [1.807, 2.05) is 39.8 Å². The lowest BCUT2D eigenvalue weighted by atomic mass is 9.78. The Morgan fingerprint density at radius 2 is 0.650 bits per heavy atom. The Bertz CT molecular complexity index is 1410. The minimum atomic E-state index is -0.526. The molecule has 0 aromatic heterocycles. The van der Waals surface area contributed by atoms with E-state index in [9.17, 15) is 20.4 Å². The van der Waals surface area contributed by atoms with Crippen LogP contribution in [0.4, 0.5) is 0 Å². The van der Waals surface area contributed by atoms with Crippen molar-refractivity contribution in [1.82, 2.24) is 0 Å². The first-order valence-corrected chi connectivity index (χ1v) is 14.1. The van der Waals surface area contributed by atoms with Gasteiger partial charge in [0, 0.05) is 10.8 Å². The molecule has 0 heterocycles. The minimum absolute atomic E-state index is 0.0601. The van der Waals surface area contributed by atoms with Gasteiger partial charge in [-0.15, -0.1) is 0 Å². The molecule has 0 bridgehead atoms. The second-order valence-electron chi connectivity index (χ2n) is 10.2. The highest BCUT2D eigenvalue weighted by Crippen LogP contribution is 2.43. The maximum Gasteiger partial charge on any atom is 0.152 e. The summed E-state index contributed by atoms with van der Waals surface area (Å²) in [6.07, 6.45) is 0. The van der Waals surface area contributed by atoms with Crippen LogP contribution in [-0.4, -0.2) is 20.4 Å². The number of phenolic OH excluding ortho intramolecular Hbond substituents is 4. The number of hydrogen-bond acceptors (Lipinski definition) is 4. The summed E-state index contributed by atoms with van der Waals surface area (Å²) in [5.74, 6) is -0.186. The lowest BCUT2D eigenvalue weighted by molar-refractivity contribution is 0.473. The zero-order chi connectivity index (χ0) is 30.2. The van der Waals surface area contributed by atoms with Crippen LogP contribution in [0.15, 0.2) is 60.7 Å². The molecule has 0 aliphatic rings. The molecule has 10 heteroatoms. The average molecular weight is 663 g/mol. The van der Waals surface area contributed by atoms with Gasteiger partial charge in [-0.25, -0.2) is 0 Å². The lowest BCUT2D eigenvalue weighted by Crippen LogP contribution is -2.19. The zero-order valence-electron chi connectivity index (χ0n) is 21.8. The molecule has 0 saturated carbocycles. The van der Waals surface area contributed by atoms with Crippen molar-refractivity contribution in [2.24, 2.45) is 0 Å². The van der Waals surface area contributed by atoms with E-state index in [-0.39, 0.29) is 48.5 Å². The lowest BCUT2D eigenvalue weighted by Gasteiger charge is -2.27. The van der Waals surface area contributed by atoms with Crippen molar-refractivity contribution in [2.45, 2.75) is 38.5 Å². The summed E-state index contributed by atoms with van der Waals surface area (Å²) in [5.41, 5.74) is 2.62. The Hall–Kier alpha value is -2.18. The Labute approximate surface area is 263 Å². The molecule has 212 valence electrons. The Kier molecular flexibility index (Phi) is 9.99. The van der Waals surface area contributed by atoms with Gasteiger partial charge in [0.1, 0.15) is 11.5 Å². The highest BCUT2D eigenvalue weighted by Gasteiger charge is 2.27. The van der Waals surface area contributed by atoms with Crippen LogP contribution in [0.1, 0.15) is 49.9 Å². The smallest absolute Gasteiger partial charge is 0.152 e. The molecule has 0 amide bonds. The van der Waals surface area contributed by atoms with E-state index in [1.54, 1.807) is 48.5 Å². The van der Waals surface area contributed by atoms with E-state index in [0.29, 0.717) is 10.0 Å². The van der Waals surface area contributed by atoms with Crippen LogP contribution >= 0.6 is 69.6 Å². The summed E-state index contributed by atoms with van der Waals surface area (Å²) < 4.78 is 0. The van der Waals surface area contributed by atoms with Crippen LogP contribution in [0.3, 0.4) is 0 Å². The van der Waals surface area contributed by atoms with Crippen molar-refractivity contribution >= 4 is 69.6 Å². The third-order valence-electron chi connectivity index (χ3n) is 6.82. The van der Waals surface area contributed by atoms with Crippen molar-refractivity contribution in [3.63, 3.8) is 0 Å². The summed E-state index contributed by atoms with van der Waals surface area (Å²) in [7, 11) is 0. The number of benzene rings is 4. The molecular formula is C30H26Cl6O4. The van der Waals surface area contributed by atoms with E-state index < -0.39 is 5.41 Å². The molecule has 0 saturated heterocycles. The predicted octanol–water partition coefficient (Wildman–Crippen LogP) is 10.8. The Morgan fingerprint density at radius 3 is 0.925 bits per heavy atom. The molecule has 4 N–H and O–H groups in total. The van der Waals surface area contributed by atoms with Crippen LogP contribution in [0.2, 0.25) is 30.1 Å². The van der Waals surface area contributed by atoms with Gasteiger partial charge in [-0.2, -0.15) is 0 Å². The van der Waals surface area contributed by atoms with Gasteiger partial charge in [0.2, 0.25) is 0 Å². The third kappa shape index (κ3) is 6.82. The number of phenols is 4. The first-order chi connectivity index (χ1) is 18.5. The van der Waals surface area contributed by atoms with Crippen LogP contribution < -0.4 is 0 Å². The van der Waals surface area contributed by atoms with Crippen molar-refractivity contribution in [1.29, 1.82) is 0 Å². The minimum Gasteiger partial charge on any atom is -0.506 e. The second-order valence-corrected chi connectivity index (χ2v) is 12.6. The number of rotatable bonds is 4. The topological polar surface area (TPSA) is 80.9 Å². The molecule has 0 spiro atoms. The molecular weight excluding hydrogens is 637 g/mol. The summed E-state index contributed by atoms with van der Waals surface area (Å²) in [5, 5.41) is 39.6. The van der Waals surface area contributed by atoms with E-state index in [4.69, 9.17) is 69.6 Å². The van der Waals surface area contributed by atoms with Crippen LogP contribution in [0, 0.1) is 0 Å². The van der Waals surface area contributed by atoms with Crippen LogP contribution in [-0.2, 0) is 10.8 Å². The standard InChI is InChI=1S/C15H12Cl4O2.C15H14Cl2O2/c1-15(2,7-3-9(16)13(20)10(17)4-7)8-5-11(18)14(21)12(19)6-8;1-15(2,9-3-5-13(18)11(16)7-9)10-4-6-14(19)12(17)8-10/h3-6,20-21H,1-2H3;3-8,18-19H,1-2H3. The maximum absolute atomic E-state index is 9.65. The average Bonchev–Trinajstić information content (AvgIpc) is 2.88. The van der Waals surface area contributed by atoms with E-state index in [2.05, 4.69) is 0 Å². The molecule has 4 aromatic rings. The fourth-order valence-electron chi connectivity index (χ4n) is 3.98. The predicted molar refractivity (Wildman–Crippen MR) is 167 cm³/mol. The Balaban J connectivity index is 0.000000222. The molecule has 4 aromatic carbocycles. The van der Waals surface area contributed by atoms with Crippen molar-refractivity contribution in [3.8, 4) is 23.0 Å². The zero-order valence-corrected chi connectivity index (χ0v) is 26.4. The molecule has 0 aliphatic heterocycles. The van der Waals surface area contributed by atoms with Crippen LogP contribution in [0.5, 0.6) is 23.0 Å². The molecule has 0 atom stereocenters. The van der Waals surface area contributed by atoms with Gasteiger partial charge >= 0.3 is 0 Å². The quantitative estimate of drug-likeness (QED) is 0.175. The fraction of sp³-hybridized carbons (Fsp3) is 0.200. The van der Waals surface area contributed by atoms with Gasteiger partial charge in [0.05, 0.1) is 30.1 Å². The van der Waals surface area contributed by atoms with E-state index >= 15 is 0 Å². The highest BCUT2D eigenvalue weighted by molar-refractivity contribution is 6.38. The Morgan fingerprint density at radius 1 is 0.400 bits per heavy atom. The molecule has 0 fully saturated rings. The largest absolute Gasteiger partial charge is 0.506 e. The molecule has 0 radical (unpaired) electrons. The number of aromatic hydroxyl groups is 4. The second kappa shape index (κ2) is 12.4. The van der Waals surface area contributed by atoms with Gasteiger partial charge < -0.3 is 20.4 Å². The third-order valence-corrected chi connectivity index (χ3v) is 8.57. The number of halogens is 6. The summed E-state index contributed by atoms with van der Waals surface area (Å²) in [6.45, 7) is 7.92. The van der Waals surface area contributed by atoms with E-state index in [0.717, 1.165) is 22.3 Å². The normalized spacial score (nSPS) is 11.7. The first-order valence-electron chi connectivity index (χ1n) is 11.8. The molecule has 40 heavy (non-hydrogen) atoms. The van der Waals surface area contributed by atoms with Gasteiger partial charge in [-0.3, -0.25) is 0 Å². The molecule has 4 rings (SSSR count). The number of hydrogen-bond donors (Lipinski definition) is 4. The van der Waals surface area contributed by atoms with Gasteiger partial charge in [-0.05, 0) is 70.8 Å². The SMILES string of the molecule is CC(C)(c1cc(Cl)c(O)c(Cl)c1)c1cc(Cl)c(O)c(Cl)c1.CC(C)(c1ccc(O)c(Cl)c1)c1ccc(O)c(Cl)c1. The van der Waals surface area contributed by atoms with Crippen molar-refractivity contribution in [2.75, 3.05) is 0 Å². The summed E-state index contributed by atoms with van der Waals surface area (Å²) >= 11 is 35.8. The van der Waals surface area contributed by atoms with Gasteiger partial charge in [-0.1, -0.05) is 109 Å². The molecule has 0 aliphatic carbocycles. The van der Waals surface area contributed by atoms with Gasteiger partial charge in [0.25, 0.3) is 0 Å². The summed E-state index contributed by atoms with van der Waals surface area (Å²) in [4.78, 5) is 0. The van der Waals surface area contributed by atoms with Crippen LogP contribution in [0.25, 0.3) is 0 Å². The van der Waals surface area contributed by atoms with Gasteiger partial charge in [0.15, 0.2) is 11.5 Å².